The summed E-state index contributed by atoms with van der Waals surface area (Å²) in [6.07, 6.45) is 4.07. The van der Waals surface area contributed by atoms with Gasteiger partial charge in [0.25, 0.3) is 5.91 Å². The Labute approximate surface area is 167 Å². The van der Waals surface area contributed by atoms with Crippen LogP contribution in [-0.2, 0) is 9.59 Å². The zero-order valence-corrected chi connectivity index (χ0v) is 15.6. The van der Waals surface area contributed by atoms with Crippen LogP contribution >= 0.6 is 11.6 Å². The Bertz CT molecular complexity index is 942. The molecule has 2 unspecified atom stereocenters. The Hall–Kier alpha value is -3.12. The highest BCUT2D eigenvalue weighted by molar-refractivity contribution is 6.31. The standard InChI is InChI=1S/C21H19ClN2O4/c22-13-6-5-7-14(12-13)23-20(26)17-10-3-4-11-18(17)24-19(25)15-8-1-2-9-16(15)21(27)28/h1-7,10-12,15-16H,8-9H2,(H,23,26)(H,24,25)(H,27,28)/p-1. The minimum Gasteiger partial charge on any atom is -0.550 e. The van der Waals surface area contributed by atoms with Crippen molar-refractivity contribution in [1.82, 2.24) is 0 Å². The predicted octanol–water partition coefficient (Wildman–Crippen LogP) is 2.86. The number of carboxylic acids is 1. The molecule has 2 aromatic carbocycles. The van der Waals surface area contributed by atoms with E-state index < -0.39 is 29.6 Å². The van der Waals surface area contributed by atoms with Gasteiger partial charge in [0.1, 0.15) is 0 Å². The van der Waals surface area contributed by atoms with Crippen molar-refractivity contribution >= 4 is 40.8 Å². The molecule has 7 heteroatoms. The molecule has 0 saturated carbocycles. The van der Waals surface area contributed by atoms with Crippen LogP contribution in [-0.4, -0.2) is 17.8 Å². The zero-order chi connectivity index (χ0) is 20.1. The number of hydrogen-bond acceptors (Lipinski definition) is 4. The monoisotopic (exact) mass is 397 g/mol. The smallest absolute Gasteiger partial charge is 0.257 e. The maximum absolute atomic E-state index is 12.7. The van der Waals surface area contributed by atoms with Crippen LogP contribution in [0.3, 0.4) is 0 Å². The second-order valence-corrected chi connectivity index (χ2v) is 6.91. The van der Waals surface area contributed by atoms with Crippen LogP contribution in [0.4, 0.5) is 11.4 Å². The quantitative estimate of drug-likeness (QED) is 0.758. The van der Waals surface area contributed by atoms with Gasteiger partial charge in [-0.3, -0.25) is 9.59 Å². The first kappa shape index (κ1) is 19.6. The Morgan fingerprint density at radius 1 is 0.929 bits per heavy atom. The summed E-state index contributed by atoms with van der Waals surface area (Å²) in [7, 11) is 0. The second kappa shape index (κ2) is 8.71. The predicted molar refractivity (Wildman–Crippen MR) is 105 cm³/mol. The lowest BCUT2D eigenvalue weighted by Crippen LogP contribution is -2.41. The summed E-state index contributed by atoms with van der Waals surface area (Å²) in [4.78, 5) is 36.7. The molecule has 1 aliphatic carbocycles. The van der Waals surface area contributed by atoms with Crippen molar-refractivity contribution in [3.05, 3.63) is 71.3 Å². The van der Waals surface area contributed by atoms with Gasteiger partial charge < -0.3 is 20.5 Å². The third-order valence-corrected chi connectivity index (χ3v) is 4.82. The van der Waals surface area contributed by atoms with E-state index in [1.54, 1.807) is 60.7 Å². The van der Waals surface area contributed by atoms with Crippen molar-refractivity contribution in [1.29, 1.82) is 0 Å². The summed E-state index contributed by atoms with van der Waals surface area (Å²) in [6, 6.07) is 13.2. The van der Waals surface area contributed by atoms with E-state index in [-0.39, 0.29) is 12.0 Å². The molecule has 0 bridgehead atoms. The van der Waals surface area contributed by atoms with E-state index in [1.165, 1.54) is 0 Å². The van der Waals surface area contributed by atoms with Crippen LogP contribution in [0.1, 0.15) is 23.2 Å². The highest BCUT2D eigenvalue weighted by Gasteiger charge is 2.30. The van der Waals surface area contributed by atoms with Crippen LogP contribution in [0.5, 0.6) is 0 Å². The van der Waals surface area contributed by atoms with Gasteiger partial charge in [-0.2, -0.15) is 0 Å². The molecule has 2 amide bonds. The molecule has 3 rings (SSSR count). The number of rotatable bonds is 5. The van der Waals surface area contributed by atoms with Crippen molar-refractivity contribution in [3.63, 3.8) is 0 Å². The molecule has 144 valence electrons. The number of anilines is 2. The fourth-order valence-electron chi connectivity index (χ4n) is 3.14. The maximum Gasteiger partial charge on any atom is 0.257 e. The van der Waals surface area contributed by atoms with Crippen molar-refractivity contribution < 1.29 is 19.5 Å². The van der Waals surface area contributed by atoms with Crippen molar-refractivity contribution in [2.45, 2.75) is 12.8 Å². The fraction of sp³-hybridized carbons (Fsp3) is 0.190. The largest absolute Gasteiger partial charge is 0.550 e. The fourth-order valence-corrected chi connectivity index (χ4v) is 3.33. The molecule has 0 fully saturated rings. The number of allylic oxidation sites excluding steroid dienone is 2. The van der Waals surface area contributed by atoms with Gasteiger partial charge in [0.2, 0.25) is 5.91 Å². The molecule has 0 aromatic heterocycles. The normalized spacial score (nSPS) is 18.3. The molecule has 28 heavy (non-hydrogen) atoms. The summed E-state index contributed by atoms with van der Waals surface area (Å²) in [5.74, 6) is -3.77. The molecular formula is C21H18ClN2O4-. The average molecular weight is 398 g/mol. The van der Waals surface area contributed by atoms with Gasteiger partial charge in [-0.15, -0.1) is 0 Å². The first-order valence-electron chi connectivity index (χ1n) is 8.78. The highest BCUT2D eigenvalue weighted by atomic mass is 35.5. The summed E-state index contributed by atoms with van der Waals surface area (Å²) < 4.78 is 0. The molecule has 6 nitrogen and oxygen atoms in total. The van der Waals surface area contributed by atoms with E-state index in [1.807, 2.05) is 0 Å². The van der Waals surface area contributed by atoms with Gasteiger partial charge in [-0.1, -0.05) is 42.0 Å². The minimum atomic E-state index is -1.25. The van der Waals surface area contributed by atoms with E-state index in [9.17, 15) is 19.5 Å². The number of halogens is 1. The third-order valence-electron chi connectivity index (χ3n) is 4.58. The SMILES string of the molecule is O=C(Nc1cccc(Cl)c1)c1ccccc1NC(=O)C1CC=CCC1C(=O)[O-]. The topological polar surface area (TPSA) is 98.3 Å². The Balaban J connectivity index is 1.78. The molecule has 1 aliphatic rings. The maximum atomic E-state index is 12.7. The number of benzene rings is 2. The first-order valence-corrected chi connectivity index (χ1v) is 9.16. The summed E-state index contributed by atoms with van der Waals surface area (Å²) in [6.45, 7) is 0. The van der Waals surface area contributed by atoms with Crippen LogP contribution < -0.4 is 15.7 Å². The highest BCUT2D eigenvalue weighted by Crippen LogP contribution is 2.27. The van der Waals surface area contributed by atoms with Crippen molar-refractivity contribution in [2.24, 2.45) is 11.8 Å². The van der Waals surface area contributed by atoms with E-state index in [0.717, 1.165) is 0 Å². The number of carboxylic acid groups (broad SMARTS) is 1. The molecular weight excluding hydrogens is 380 g/mol. The van der Waals surface area contributed by atoms with Crippen molar-refractivity contribution in [2.75, 3.05) is 10.6 Å². The van der Waals surface area contributed by atoms with Gasteiger partial charge in [0.15, 0.2) is 0 Å². The lowest BCUT2D eigenvalue weighted by molar-refractivity contribution is -0.313. The second-order valence-electron chi connectivity index (χ2n) is 6.47. The molecule has 0 radical (unpaired) electrons. The molecule has 2 atom stereocenters. The summed E-state index contributed by atoms with van der Waals surface area (Å²) in [5, 5.41) is 17.2. The number of carbonyl (C=O) groups excluding carboxylic acids is 3. The van der Waals surface area contributed by atoms with Gasteiger partial charge in [0.05, 0.1) is 17.2 Å². The van der Waals surface area contributed by atoms with Crippen molar-refractivity contribution in [3.8, 4) is 0 Å². The minimum absolute atomic E-state index is 0.247. The number of amides is 2. The average Bonchev–Trinajstić information content (AvgIpc) is 2.68. The Kier molecular flexibility index (Phi) is 6.11. The van der Waals surface area contributed by atoms with Crippen LogP contribution in [0, 0.1) is 11.8 Å². The van der Waals surface area contributed by atoms with Crippen LogP contribution in [0.25, 0.3) is 0 Å². The molecule has 0 spiro atoms. The summed E-state index contributed by atoms with van der Waals surface area (Å²) in [5.41, 5.74) is 1.08. The van der Waals surface area contributed by atoms with E-state index in [4.69, 9.17) is 11.6 Å². The van der Waals surface area contributed by atoms with Crippen LogP contribution in [0.2, 0.25) is 5.02 Å². The van der Waals surface area contributed by atoms with Crippen LogP contribution in [0.15, 0.2) is 60.7 Å². The first-order chi connectivity index (χ1) is 13.5. The molecule has 0 aliphatic heterocycles. The Morgan fingerprint density at radius 2 is 1.64 bits per heavy atom. The Morgan fingerprint density at radius 3 is 2.36 bits per heavy atom. The lowest BCUT2D eigenvalue weighted by atomic mass is 9.82. The number of hydrogen-bond donors (Lipinski definition) is 2. The molecule has 2 aromatic rings. The molecule has 0 heterocycles. The van der Waals surface area contributed by atoms with Gasteiger partial charge in [-0.25, -0.2) is 0 Å². The third kappa shape index (κ3) is 4.58. The number of nitrogens with one attached hydrogen (secondary N) is 2. The number of carbonyl (C=O) groups is 3. The van der Waals surface area contributed by atoms with E-state index in [2.05, 4.69) is 10.6 Å². The molecule has 0 saturated heterocycles. The lowest BCUT2D eigenvalue weighted by Gasteiger charge is -2.28. The van der Waals surface area contributed by atoms with E-state index >= 15 is 0 Å². The van der Waals surface area contributed by atoms with Gasteiger partial charge in [-0.05, 0) is 43.2 Å². The number of aliphatic carboxylic acids is 1. The molecule has 2 N–H and O–H groups in total. The number of para-hydroxylation sites is 1. The van der Waals surface area contributed by atoms with E-state index in [0.29, 0.717) is 22.8 Å². The summed E-state index contributed by atoms with van der Waals surface area (Å²) >= 11 is 5.93. The van der Waals surface area contributed by atoms with Gasteiger partial charge in [0, 0.05) is 22.6 Å². The zero-order valence-electron chi connectivity index (χ0n) is 14.9. The van der Waals surface area contributed by atoms with Gasteiger partial charge >= 0.3 is 0 Å².